The molecule has 1 saturated heterocycles. The van der Waals surface area contributed by atoms with E-state index in [4.69, 9.17) is 9.15 Å². The first kappa shape index (κ1) is 15.0. The van der Waals surface area contributed by atoms with E-state index in [-0.39, 0.29) is 5.91 Å². The minimum Gasteiger partial charge on any atom is -0.487 e. The Morgan fingerprint density at radius 3 is 3.04 bits per heavy atom. The molecule has 0 radical (unpaired) electrons. The molecule has 0 bridgehead atoms. The van der Waals surface area contributed by atoms with Crippen molar-refractivity contribution in [3.8, 4) is 16.5 Å². The fourth-order valence-electron chi connectivity index (χ4n) is 2.71. The van der Waals surface area contributed by atoms with Crippen molar-refractivity contribution < 1.29 is 13.9 Å². The van der Waals surface area contributed by atoms with Gasteiger partial charge in [0.1, 0.15) is 24.3 Å². The minimum atomic E-state index is 0.171. The third kappa shape index (κ3) is 3.05. The maximum absolute atomic E-state index is 11.8. The van der Waals surface area contributed by atoms with Crippen LogP contribution in [0.15, 0.2) is 52.5 Å². The Morgan fingerprint density at radius 2 is 2.25 bits per heavy atom. The van der Waals surface area contributed by atoms with Crippen LogP contribution in [0.1, 0.15) is 18.5 Å². The zero-order chi connectivity index (χ0) is 16.4. The SMILES string of the molecule is O=C1CCCN1c1cccc(OCc2coc(-c3cccs3)n2)c1. The van der Waals surface area contributed by atoms with Crippen LogP contribution in [-0.2, 0) is 11.4 Å². The first-order valence-electron chi connectivity index (χ1n) is 7.81. The summed E-state index contributed by atoms with van der Waals surface area (Å²) < 4.78 is 11.3. The molecular formula is C18H16N2O3S. The topological polar surface area (TPSA) is 55.6 Å². The number of carbonyl (C=O) groups excluding carboxylic acids is 1. The van der Waals surface area contributed by atoms with Gasteiger partial charge < -0.3 is 14.1 Å². The largest absolute Gasteiger partial charge is 0.487 e. The number of oxazole rings is 1. The van der Waals surface area contributed by atoms with Crippen molar-refractivity contribution in [2.75, 3.05) is 11.4 Å². The number of ether oxygens (including phenoxy) is 1. The Balaban J connectivity index is 1.43. The molecule has 0 atom stereocenters. The lowest BCUT2D eigenvalue weighted by atomic mass is 10.3. The number of hydrogen-bond donors (Lipinski definition) is 0. The van der Waals surface area contributed by atoms with Gasteiger partial charge in [-0.2, -0.15) is 0 Å². The van der Waals surface area contributed by atoms with E-state index in [1.54, 1.807) is 22.5 Å². The number of benzene rings is 1. The molecule has 1 aromatic carbocycles. The highest BCUT2D eigenvalue weighted by molar-refractivity contribution is 7.13. The number of rotatable bonds is 5. The van der Waals surface area contributed by atoms with Gasteiger partial charge >= 0.3 is 0 Å². The van der Waals surface area contributed by atoms with E-state index in [0.29, 0.717) is 24.7 Å². The molecule has 122 valence electrons. The Bertz CT molecular complexity index is 842. The molecule has 1 aliphatic heterocycles. The summed E-state index contributed by atoms with van der Waals surface area (Å²) in [6.45, 7) is 1.10. The maximum Gasteiger partial charge on any atom is 0.236 e. The van der Waals surface area contributed by atoms with Crippen molar-refractivity contribution in [2.24, 2.45) is 0 Å². The van der Waals surface area contributed by atoms with Gasteiger partial charge in [-0.25, -0.2) is 4.98 Å². The lowest BCUT2D eigenvalue weighted by Gasteiger charge is -2.16. The summed E-state index contributed by atoms with van der Waals surface area (Å²) in [5.74, 6) is 1.50. The molecule has 1 aliphatic rings. The number of amides is 1. The molecule has 4 rings (SSSR count). The van der Waals surface area contributed by atoms with Crippen molar-refractivity contribution >= 4 is 22.9 Å². The van der Waals surface area contributed by atoms with E-state index in [1.165, 1.54) is 0 Å². The number of anilines is 1. The van der Waals surface area contributed by atoms with Crippen LogP contribution < -0.4 is 9.64 Å². The molecule has 1 fully saturated rings. The molecule has 0 unspecified atom stereocenters. The van der Waals surface area contributed by atoms with E-state index in [9.17, 15) is 4.79 Å². The highest BCUT2D eigenvalue weighted by Gasteiger charge is 2.21. The molecule has 3 aromatic rings. The van der Waals surface area contributed by atoms with Gasteiger partial charge in [-0.15, -0.1) is 11.3 Å². The average Bonchev–Trinajstić information content (AvgIpc) is 3.34. The van der Waals surface area contributed by atoms with Gasteiger partial charge in [-0.05, 0) is 30.0 Å². The summed E-state index contributed by atoms with van der Waals surface area (Å²) in [6.07, 6.45) is 3.15. The molecular weight excluding hydrogens is 324 g/mol. The fourth-order valence-corrected chi connectivity index (χ4v) is 3.36. The monoisotopic (exact) mass is 340 g/mol. The average molecular weight is 340 g/mol. The predicted octanol–water partition coefficient (Wildman–Crippen LogP) is 4.11. The van der Waals surface area contributed by atoms with E-state index >= 15 is 0 Å². The van der Waals surface area contributed by atoms with Gasteiger partial charge in [0, 0.05) is 24.7 Å². The molecule has 24 heavy (non-hydrogen) atoms. The maximum atomic E-state index is 11.8. The van der Waals surface area contributed by atoms with Crippen LogP contribution in [0.25, 0.3) is 10.8 Å². The van der Waals surface area contributed by atoms with Gasteiger partial charge in [0.25, 0.3) is 0 Å². The van der Waals surface area contributed by atoms with Crippen LogP contribution in [0.4, 0.5) is 5.69 Å². The van der Waals surface area contributed by atoms with E-state index in [2.05, 4.69) is 4.98 Å². The molecule has 6 heteroatoms. The summed E-state index contributed by atoms with van der Waals surface area (Å²) in [4.78, 5) is 19.1. The fraction of sp³-hybridized carbons (Fsp3) is 0.222. The van der Waals surface area contributed by atoms with Crippen molar-refractivity contribution in [3.63, 3.8) is 0 Å². The summed E-state index contributed by atoms with van der Waals surface area (Å²) in [5, 5.41) is 1.99. The predicted molar refractivity (Wildman–Crippen MR) is 92.2 cm³/mol. The molecule has 0 saturated carbocycles. The van der Waals surface area contributed by atoms with Gasteiger partial charge in [-0.3, -0.25) is 4.79 Å². The van der Waals surface area contributed by atoms with Gasteiger partial charge in [0.05, 0.1) is 4.88 Å². The minimum absolute atomic E-state index is 0.171. The summed E-state index contributed by atoms with van der Waals surface area (Å²) in [6, 6.07) is 11.5. The zero-order valence-corrected chi connectivity index (χ0v) is 13.8. The highest BCUT2D eigenvalue weighted by atomic mass is 32.1. The molecule has 0 N–H and O–H groups in total. The summed E-state index contributed by atoms with van der Waals surface area (Å²) in [5.41, 5.74) is 1.62. The van der Waals surface area contributed by atoms with Gasteiger partial charge in [0.2, 0.25) is 11.8 Å². The first-order valence-corrected chi connectivity index (χ1v) is 8.69. The number of thiophene rings is 1. The number of nitrogens with zero attached hydrogens (tertiary/aromatic N) is 2. The van der Waals surface area contributed by atoms with Crippen molar-refractivity contribution in [1.82, 2.24) is 4.98 Å². The zero-order valence-electron chi connectivity index (χ0n) is 13.0. The molecule has 0 aliphatic carbocycles. The molecule has 0 spiro atoms. The van der Waals surface area contributed by atoms with Crippen LogP contribution in [0.2, 0.25) is 0 Å². The van der Waals surface area contributed by atoms with Crippen LogP contribution in [0.3, 0.4) is 0 Å². The van der Waals surface area contributed by atoms with Crippen LogP contribution in [-0.4, -0.2) is 17.4 Å². The second-order valence-electron chi connectivity index (χ2n) is 5.56. The van der Waals surface area contributed by atoms with Gasteiger partial charge in [-0.1, -0.05) is 12.1 Å². The quantitative estimate of drug-likeness (QED) is 0.701. The normalized spacial score (nSPS) is 14.3. The Morgan fingerprint density at radius 1 is 1.29 bits per heavy atom. The number of aromatic nitrogens is 1. The van der Waals surface area contributed by atoms with E-state index in [1.807, 2.05) is 41.8 Å². The standard InChI is InChI=1S/C18H16N2O3S/c21-17-7-2-8-20(17)14-4-1-5-15(10-14)22-11-13-12-23-18(19-13)16-6-3-9-24-16/h1,3-6,9-10,12H,2,7-8,11H2. The number of carbonyl (C=O) groups is 1. The molecule has 1 amide bonds. The van der Waals surface area contributed by atoms with E-state index < -0.39 is 0 Å². The van der Waals surface area contributed by atoms with Gasteiger partial charge in [0.15, 0.2) is 0 Å². The smallest absolute Gasteiger partial charge is 0.236 e. The Labute approximate surface area is 143 Å². The van der Waals surface area contributed by atoms with E-state index in [0.717, 1.165) is 29.2 Å². The summed E-state index contributed by atoms with van der Waals surface area (Å²) >= 11 is 1.59. The third-order valence-electron chi connectivity index (χ3n) is 3.87. The van der Waals surface area contributed by atoms with Crippen molar-refractivity contribution in [2.45, 2.75) is 19.4 Å². The van der Waals surface area contributed by atoms with Crippen LogP contribution >= 0.6 is 11.3 Å². The second kappa shape index (κ2) is 6.49. The Kier molecular flexibility index (Phi) is 4.04. The first-order chi connectivity index (χ1) is 11.8. The second-order valence-corrected chi connectivity index (χ2v) is 6.50. The lowest BCUT2D eigenvalue weighted by Crippen LogP contribution is -2.23. The summed E-state index contributed by atoms with van der Waals surface area (Å²) in [7, 11) is 0. The third-order valence-corrected chi connectivity index (χ3v) is 4.73. The van der Waals surface area contributed by atoms with Crippen LogP contribution in [0, 0.1) is 0 Å². The van der Waals surface area contributed by atoms with Crippen molar-refractivity contribution in [1.29, 1.82) is 0 Å². The lowest BCUT2D eigenvalue weighted by molar-refractivity contribution is -0.117. The molecule has 2 aromatic heterocycles. The molecule has 5 nitrogen and oxygen atoms in total. The van der Waals surface area contributed by atoms with Crippen LogP contribution in [0.5, 0.6) is 5.75 Å². The Hall–Kier alpha value is -2.60. The van der Waals surface area contributed by atoms with Crippen molar-refractivity contribution in [3.05, 3.63) is 53.7 Å². The molecule has 3 heterocycles. The number of hydrogen-bond acceptors (Lipinski definition) is 5. The highest BCUT2D eigenvalue weighted by Crippen LogP contribution is 2.27.